The van der Waals surface area contributed by atoms with E-state index in [2.05, 4.69) is 16.8 Å². The Morgan fingerprint density at radius 1 is 1.28 bits per heavy atom. The molecule has 0 aromatic carbocycles. The molecule has 0 radical (unpaired) electrons. The first-order valence-electron chi connectivity index (χ1n) is 9.35. The van der Waals surface area contributed by atoms with Crippen molar-refractivity contribution < 1.29 is 9.59 Å². The van der Waals surface area contributed by atoms with Gasteiger partial charge in [0.2, 0.25) is 5.91 Å². The first-order chi connectivity index (χ1) is 12.1. The Kier molecular flexibility index (Phi) is 4.30. The number of carbonyl (C=O) groups excluding carboxylic acids is 2. The lowest BCUT2D eigenvalue weighted by molar-refractivity contribution is -0.146. The van der Waals surface area contributed by atoms with E-state index in [1.807, 2.05) is 16.7 Å². The normalized spacial score (nSPS) is 29.1. The molecule has 4 aliphatic heterocycles. The number of carbonyl (C=O) groups is 2. The Labute approximate surface area is 153 Å². The SMILES string of the molecule is CCCN1CCCC2(CCN(C(=O)C3=C(C)N4CCN=C4S3)C2)C1=O. The molecule has 0 aromatic rings. The number of thioether (sulfide) groups is 1. The highest BCUT2D eigenvalue weighted by Crippen LogP contribution is 2.43. The number of hydrogen-bond donors (Lipinski definition) is 0. The zero-order valence-corrected chi connectivity index (χ0v) is 15.9. The Hall–Kier alpha value is -1.50. The summed E-state index contributed by atoms with van der Waals surface area (Å²) in [6.07, 6.45) is 3.76. The highest BCUT2D eigenvalue weighted by atomic mass is 32.2. The van der Waals surface area contributed by atoms with Crippen LogP contribution in [0.1, 0.15) is 39.5 Å². The number of likely N-dealkylation sites (tertiary alicyclic amines) is 2. The minimum absolute atomic E-state index is 0.0805. The van der Waals surface area contributed by atoms with E-state index in [0.717, 1.165) is 67.6 Å². The molecule has 0 N–H and O–H groups in total. The van der Waals surface area contributed by atoms with Gasteiger partial charge in [0, 0.05) is 38.4 Å². The standard InChI is InChI=1S/C18H26N4O2S/c1-3-8-20-9-4-5-18(16(20)24)6-10-21(12-18)15(23)14-13(2)22-11-7-19-17(22)25-14/h3-12H2,1-2H3. The number of fused-ring (bicyclic) bond motifs is 1. The number of allylic oxidation sites excluding steroid dienone is 1. The molecule has 1 atom stereocenters. The maximum absolute atomic E-state index is 13.1. The van der Waals surface area contributed by atoms with Crippen molar-refractivity contribution >= 4 is 28.7 Å². The number of amides is 2. The van der Waals surface area contributed by atoms with Crippen LogP contribution in [0.5, 0.6) is 0 Å². The number of rotatable bonds is 3. The third kappa shape index (κ3) is 2.67. The van der Waals surface area contributed by atoms with Crippen molar-refractivity contribution in [3.63, 3.8) is 0 Å². The highest BCUT2D eigenvalue weighted by molar-refractivity contribution is 8.18. The van der Waals surface area contributed by atoms with Crippen molar-refractivity contribution in [1.29, 1.82) is 0 Å². The number of hydrogen-bond acceptors (Lipinski definition) is 5. The predicted molar refractivity (Wildman–Crippen MR) is 99.0 cm³/mol. The number of aliphatic imine (C=N–C) groups is 1. The molecule has 0 aliphatic carbocycles. The van der Waals surface area contributed by atoms with Gasteiger partial charge in [0.1, 0.15) is 0 Å². The summed E-state index contributed by atoms with van der Waals surface area (Å²) in [4.78, 5) is 37.4. The van der Waals surface area contributed by atoms with Crippen LogP contribution in [-0.4, -0.2) is 71.0 Å². The molecule has 136 valence electrons. The van der Waals surface area contributed by atoms with Gasteiger partial charge in [-0.2, -0.15) is 0 Å². The molecule has 2 fully saturated rings. The van der Waals surface area contributed by atoms with Gasteiger partial charge in [0.25, 0.3) is 5.91 Å². The van der Waals surface area contributed by atoms with Crippen molar-refractivity contribution in [2.24, 2.45) is 10.4 Å². The monoisotopic (exact) mass is 362 g/mol. The van der Waals surface area contributed by atoms with Crippen LogP contribution in [-0.2, 0) is 9.59 Å². The maximum atomic E-state index is 13.1. The van der Waals surface area contributed by atoms with Gasteiger partial charge in [0.05, 0.1) is 16.9 Å². The molecule has 2 saturated heterocycles. The molecule has 0 saturated carbocycles. The van der Waals surface area contributed by atoms with Crippen LogP contribution in [0.4, 0.5) is 0 Å². The number of nitrogens with zero attached hydrogens (tertiary/aromatic N) is 4. The molecular weight excluding hydrogens is 336 g/mol. The van der Waals surface area contributed by atoms with E-state index in [-0.39, 0.29) is 17.2 Å². The lowest BCUT2D eigenvalue weighted by Crippen LogP contribution is -2.50. The zero-order valence-electron chi connectivity index (χ0n) is 15.1. The fraction of sp³-hybridized carbons (Fsp3) is 0.722. The molecule has 7 heteroatoms. The van der Waals surface area contributed by atoms with Crippen molar-refractivity contribution in [2.75, 3.05) is 39.3 Å². The first-order valence-corrected chi connectivity index (χ1v) is 10.2. The van der Waals surface area contributed by atoms with Crippen LogP contribution in [0.2, 0.25) is 0 Å². The largest absolute Gasteiger partial charge is 0.342 e. The lowest BCUT2D eigenvalue weighted by atomic mass is 9.78. The molecule has 1 spiro atoms. The summed E-state index contributed by atoms with van der Waals surface area (Å²) in [7, 11) is 0. The summed E-state index contributed by atoms with van der Waals surface area (Å²) in [5.41, 5.74) is 0.684. The summed E-state index contributed by atoms with van der Waals surface area (Å²) in [6.45, 7) is 8.79. The van der Waals surface area contributed by atoms with Crippen molar-refractivity contribution in [2.45, 2.75) is 39.5 Å². The Balaban J connectivity index is 1.49. The summed E-state index contributed by atoms with van der Waals surface area (Å²) in [6, 6.07) is 0. The Morgan fingerprint density at radius 3 is 2.88 bits per heavy atom. The Morgan fingerprint density at radius 2 is 2.12 bits per heavy atom. The molecule has 25 heavy (non-hydrogen) atoms. The average Bonchev–Trinajstić information content (AvgIpc) is 3.29. The van der Waals surface area contributed by atoms with Crippen LogP contribution in [0.3, 0.4) is 0 Å². The molecule has 6 nitrogen and oxygen atoms in total. The van der Waals surface area contributed by atoms with Gasteiger partial charge in [-0.1, -0.05) is 6.92 Å². The topological polar surface area (TPSA) is 56.2 Å². The third-order valence-corrected chi connectivity index (χ3v) is 7.09. The molecule has 2 amide bonds. The van der Waals surface area contributed by atoms with Crippen molar-refractivity contribution in [3.8, 4) is 0 Å². The number of amidine groups is 1. The van der Waals surface area contributed by atoms with Gasteiger partial charge >= 0.3 is 0 Å². The van der Waals surface area contributed by atoms with E-state index in [1.54, 1.807) is 0 Å². The third-order valence-electron chi connectivity index (χ3n) is 5.88. The lowest BCUT2D eigenvalue weighted by Gasteiger charge is -2.39. The van der Waals surface area contributed by atoms with Gasteiger partial charge < -0.3 is 14.7 Å². The van der Waals surface area contributed by atoms with E-state index in [0.29, 0.717) is 13.1 Å². The molecule has 4 aliphatic rings. The zero-order chi connectivity index (χ0) is 17.6. The fourth-order valence-electron chi connectivity index (χ4n) is 4.51. The predicted octanol–water partition coefficient (Wildman–Crippen LogP) is 1.89. The van der Waals surface area contributed by atoms with Crippen LogP contribution in [0.15, 0.2) is 15.6 Å². The molecule has 0 bridgehead atoms. The van der Waals surface area contributed by atoms with Gasteiger partial charge in [-0.05, 0) is 44.4 Å². The summed E-state index contributed by atoms with van der Waals surface area (Å²) in [5, 5.41) is 0.956. The van der Waals surface area contributed by atoms with E-state index < -0.39 is 0 Å². The Bertz CT molecular complexity index is 672. The van der Waals surface area contributed by atoms with Crippen molar-refractivity contribution in [1.82, 2.24) is 14.7 Å². The van der Waals surface area contributed by atoms with Gasteiger partial charge in [-0.25, -0.2) is 0 Å². The van der Waals surface area contributed by atoms with Gasteiger partial charge in [-0.15, -0.1) is 0 Å². The average molecular weight is 362 g/mol. The molecular formula is C18H26N4O2S. The minimum atomic E-state index is -0.339. The second-order valence-corrected chi connectivity index (χ2v) is 8.46. The van der Waals surface area contributed by atoms with Gasteiger partial charge in [-0.3, -0.25) is 14.6 Å². The molecule has 4 heterocycles. The van der Waals surface area contributed by atoms with E-state index >= 15 is 0 Å². The molecule has 0 aromatic heterocycles. The molecule has 4 rings (SSSR count). The molecule has 1 unspecified atom stereocenters. The van der Waals surface area contributed by atoms with E-state index in [4.69, 9.17) is 0 Å². The fourth-order valence-corrected chi connectivity index (χ4v) is 5.67. The van der Waals surface area contributed by atoms with E-state index in [1.165, 1.54) is 11.8 Å². The van der Waals surface area contributed by atoms with Crippen LogP contribution in [0, 0.1) is 5.41 Å². The second-order valence-electron chi connectivity index (χ2n) is 7.49. The van der Waals surface area contributed by atoms with Crippen LogP contribution in [0.25, 0.3) is 0 Å². The summed E-state index contributed by atoms with van der Waals surface area (Å²) in [5.74, 6) is 0.350. The first kappa shape index (κ1) is 16.9. The van der Waals surface area contributed by atoms with Crippen LogP contribution < -0.4 is 0 Å². The quantitative estimate of drug-likeness (QED) is 0.769. The second kappa shape index (κ2) is 6.34. The van der Waals surface area contributed by atoms with Crippen LogP contribution >= 0.6 is 11.8 Å². The van der Waals surface area contributed by atoms with Gasteiger partial charge in [0.15, 0.2) is 5.17 Å². The van der Waals surface area contributed by atoms with E-state index in [9.17, 15) is 9.59 Å². The summed E-state index contributed by atoms with van der Waals surface area (Å²) >= 11 is 1.50. The number of piperidine rings is 1. The maximum Gasteiger partial charge on any atom is 0.262 e. The minimum Gasteiger partial charge on any atom is -0.342 e. The highest BCUT2D eigenvalue weighted by Gasteiger charge is 2.50. The summed E-state index contributed by atoms with van der Waals surface area (Å²) < 4.78 is 0. The smallest absolute Gasteiger partial charge is 0.262 e. The van der Waals surface area contributed by atoms with Crippen molar-refractivity contribution in [3.05, 3.63) is 10.6 Å².